The van der Waals surface area contributed by atoms with Gasteiger partial charge in [-0.25, -0.2) is 13.1 Å². The van der Waals surface area contributed by atoms with Crippen molar-refractivity contribution < 1.29 is 17.9 Å². The molecule has 0 heterocycles. The first-order chi connectivity index (χ1) is 15.2. The Morgan fingerprint density at radius 1 is 1.00 bits per heavy atom. The smallest absolute Gasteiger partial charge is 0.262 e. The molecule has 1 amide bonds. The Hall–Kier alpha value is -2.58. The van der Waals surface area contributed by atoms with Crippen molar-refractivity contribution in [2.75, 3.05) is 11.9 Å². The maximum absolute atomic E-state index is 12.7. The van der Waals surface area contributed by atoms with Crippen LogP contribution in [0, 0.1) is 6.92 Å². The maximum Gasteiger partial charge on any atom is 0.262 e. The molecule has 0 radical (unpaired) electrons. The molecule has 0 saturated heterocycles. The highest BCUT2D eigenvalue weighted by molar-refractivity contribution is 7.89. The Kier molecular flexibility index (Phi) is 7.79. The number of benzene rings is 3. The first kappa shape index (κ1) is 24.1. The van der Waals surface area contributed by atoms with Crippen molar-refractivity contribution in [3.8, 4) is 5.75 Å². The SMILES string of the molecule is Cc1c(Cl)cccc1NC(=O)COc1ccc(S(=O)(=O)N[C@H](C)c2ccccc2)cc1Cl. The number of rotatable bonds is 8. The van der Waals surface area contributed by atoms with Crippen LogP contribution in [0.25, 0.3) is 0 Å². The molecule has 0 saturated carbocycles. The van der Waals surface area contributed by atoms with Gasteiger partial charge in [0.25, 0.3) is 5.91 Å². The van der Waals surface area contributed by atoms with Gasteiger partial charge in [-0.2, -0.15) is 0 Å². The van der Waals surface area contributed by atoms with E-state index in [1.165, 1.54) is 18.2 Å². The monoisotopic (exact) mass is 492 g/mol. The Labute approximate surface area is 197 Å². The molecule has 0 unspecified atom stereocenters. The normalized spacial score (nSPS) is 12.2. The summed E-state index contributed by atoms with van der Waals surface area (Å²) in [5, 5.41) is 3.33. The van der Waals surface area contributed by atoms with Crippen LogP contribution in [0.5, 0.6) is 5.75 Å². The fraction of sp³-hybridized carbons (Fsp3) is 0.174. The topological polar surface area (TPSA) is 84.5 Å². The Morgan fingerprint density at radius 3 is 2.41 bits per heavy atom. The first-order valence-electron chi connectivity index (χ1n) is 9.72. The van der Waals surface area contributed by atoms with Gasteiger partial charge in [-0.15, -0.1) is 0 Å². The molecule has 0 aliphatic rings. The van der Waals surface area contributed by atoms with Crippen LogP contribution in [0.15, 0.2) is 71.6 Å². The summed E-state index contributed by atoms with van der Waals surface area (Å²) in [5.74, 6) is -0.207. The number of amides is 1. The van der Waals surface area contributed by atoms with Crippen molar-refractivity contribution in [3.05, 3.63) is 87.9 Å². The molecule has 0 fully saturated rings. The van der Waals surface area contributed by atoms with E-state index >= 15 is 0 Å². The Bertz CT molecular complexity index is 1220. The summed E-state index contributed by atoms with van der Waals surface area (Å²) < 4.78 is 33.5. The lowest BCUT2D eigenvalue weighted by molar-refractivity contribution is -0.118. The van der Waals surface area contributed by atoms with E-state index in [1.54, 1.807) is 32.0 Å². The van der Waals surface area contributed by atoms with Crippen LogP contribution in [0.2, 0.25) is 10.0 Å². The zero-order valence-corrected chi connectivity index (χ0v) is 19.8. The standard InChI is InChI=1S/C23H22Cl2N2O4S/c1-15-19(24)9-6-10-21(15)26-23(28)14-31-22-12-11-18(13-20(22)25)32(29,30)27-16(2)17-7-4-3-5-8-17/h3-13,16,27H,14H2,1-2H3,(H,26,28)/t16-/m1/s1. The number of carbonyl (C=O) groups is 1. The van der Waals surface area contributed by atoms with E-state index in [4.69, 9.17) is 27.9 Å². The van der Waals surface area contributed by atoms with Crippen LogP contribution in [-0.4, -0.2) is 20.9 Å². The number of nitrogens with one attached hydrogen (secondary N) is 2. The van der Waals surface area contributed by atoms with Gasteiger partial charge in [0.2, 0.25) is 10.0 Å². The largest absolute Gasteiger partial charge is 0.482 e. The van der Waals surface area contributed by atoms with Gasteiger partial charge < -0.3 is 10.1 Å². The maximum atomic E-state index is 12.7. The average Bonchev–Trinajstić information content (AvgIpc) is 2.76. The number of ether oxygens (including phenoxy) is 1. The zero-order valence-electron chi connectivity index (χ0n) is 17.4. The van der Waals surface area contributed by atoms with Gasteiger partial charge in [-0.1, -0.05) is 59.6 Å². The molecule has 9 heteroatoms. The third-order valence-electron chi connectivity index (χ3n) is 4.75. The minimum absolute atomic E-state index is 0.00312. The third kappa shape index (κ3) is 6.01. The molecular weight excluding hydrogens is 471 g/mol. The Morgan fingerprint density at radius 2 is 1.72 bits per heavy atom. The molecule has 3 aromatic rings. The van der Waals surface area contributed by atoms with E-state index in [-0.39, 0.29) is 22.3 Å². The molecule has 32 heavy (non-hydrogen) atoms. The van der Waals surface area contributed by atoms with E-state index in [0.717, 1.165) is 11.1 Å². The van der Waals surface area contributed by atoms with E-state index in [1.807, 2.05) is 30.3 Å². The first-order valence-corrected chi connectivity index (χ1v) is 12.0. The van der Waals surface area contributed by atoms with Crippen molar-refractivity contribution >= 4 is 44.8 Å². The van der Waals surface area contributed by atoms with Gasteiger partial charge in [0.05, 0.1) is 9.92 Å². The fourth-order valence-electron chi connectivity index (χ4n) is 2.95. The Balaban J connectivity index is 1.64. The molecule has 2 N–H and O–H groups in total. The number of halogens is 2. The second kappa shape index (κ2) is 10.4. The molecule has 0 aliphatic heterocycles. The van der Waals surface area contributed by atoms with Crippen LogP contribution in [0.3, 0.4) is 0 Å². The van der Waals surface area contributed by atoms with Crippen LogP contribution < -0.4 is 14.8 Å². The van der Waals surface area contributed by atoms with E-state index in [0.29, 0.717) is 10.7 Å². The number of carbonyl (C=O) groups excluding carboxylic acids is 1. The van der Waals surface area contributed by atoms with Crippen LogP contribution in [0.4, 0.5) is 5.69 Å². The van der Waals surface area contributed by atoms with Gasteiger partial charge in [-0.05, 0) is 55.3 Å². The molecule has 3 aromatic carbocycles. The lowest BCUT2D eigenvalue weighted by Crippen LogP contribution is -2.27. The summed E-state index contributed by atoms with van der Waals surface area (Å²) in [6, 6.07) is 18.1. The number of anilines is 1. The second-order valence-electron chi connectivity index (χ2n) is 7.10. The van der Waals surface area contributed by atoms with Gasteiger partial charge in [-0.3, -0.25) is 4.79 Å². The predicted octanol–water partition coefficient (Wildman–Crippen LogP) is 5.36. The van der Waals surface area contributed by atoms with Crippen molar-refractivity contribution in [2.24, 2.45) is 0 Å². The quantitative estimate of drug-likeness (QED) is 0.443. The molecule has 0 aliphatic carbocycles. The van der Waals surface area contributed by atoms with Crippen molar-refractivity contribution in [1.29, 1.82) is 0 Å². The molecule has 168 valence electrons. The molecule has 0 aromatic heterocycles. The van der Waals surface area contributed by atoms with Crippen LogP contribution >= 0.6 is 23.2 Å². The highest BCUT2D eigenvalue weighted by Gasteiger charge is 2.20. The predicted molar refractivity (Wildman–Crippen MR) is 127 cm³/mol. The van der Waals surface area contributed by atoms with E-state index in [9.17, 15) is 13.2 Å². The minimum Gasteiger partial charge on any atom is -0.482 e. The van der Waals surface area contributed by atoms with Crippen molar-refractivity contribution in [2.45, 2.75) is 24.8 Å². The van der Waals surface area contributed by atoms with Gasteiger partial charge >= 0.3 is 0 Å². The molecular formula is C23H22Cl2N2O4S. The molecule has 0 bridgehead atoms. The summed E-state index contributed by atoms with van der Waals surface area (Å²) in [6.07, 6.45) is 0. The highest BCUT2D eigenvalue weighted by atomic mass is 35.5. The minimum atomic E-state index is -3.81. The lowest BCUT2D eigenvalue weighted by atomic mass is 10.1. The van der Waals surface area contributed by atoms with Crippen LogP contribution in [-0.2, 0) is 14.8 Å². The average molecular weight is 493 g/mol. The number of hydrogen-bond donors (Lipinski definition) is 2. The number of sulfonamides is 1. The molecule has 6 nitrogen and oxygen atoms in total. The molecule has 1 atom stereocenters. The summed E-state index contributed by atoms with van der Waals surface area (Å²) in [4.78, 5) is 12.2. The number of hydrogen-bond acceptors (Lipinski definition) is 4. The summed E-state index contributed by atoms with van der Waals surface area (Å²) in [7, 11) is -3.81. The van der Waals surface area contributed by atoms with E-state index < -0.39 is 22.0 Å². The van der Waals surface area contributed by atoms with Gasteiger partial charge in [0, 0.05) is 16.8 Å². The highest BCUT2D eigenvalue weighted by Crippen LogP contribution is 2.28. The second-order valence-corrected chi connectivity index (χ2v) is 9.62. The summed E-state index contributed by atoms with van der Waals surface area (Å²) in [5.41, 5.74) is 2.16. The van der Waals surface area contributed by atoms with Gasteiger partial charge in [0.15, 0.2) is 6.61 Å². The zero-order chi connectivity index (χ0) is 23.3. The molecule has 0 spiro atoms. The summed E-state index contributed by atoms with van der Waals surface area (Å²) >= 11 is 12.3. The van der Waals surface area contributed by atoms with Gasteiger partial charge in [0.1, 0.15) is 5.75 Å². The molecule has 3 rings (SSSR count). The van der Waals surface area contributed by atoms with Crippen LogP contribution in [0.1, 0.15) is 24.1 Å². The van der Waals surface area contributed by atoms with E-state index in [2.05, 4.69) is 10.0 Å². The lowest BCUT2D eigenvalue weighted by Gasteiger charge is -2.15. The fourth-order valence-corrected chi connectivity index (χ4v) is 4.68. The van der Waals surface area contributed by atoms with Crippen molar-refractivity contribution in [1.82, 2.24) is 4.72 Å². The third-order valence-corrected chi connectivity index (χ3v) is 6.99. The summed E-state index contributed by atoms with van der Waals surface area (Å²) in [6.45, 7) is 3.24. The van der Waals surface area contributed by atoms with Crippen molar-refractivity contribution in [3.63, 3.8) is 0 Å².